The van der Waals surface area contributed by atoms with Crippen LogP contribution in [0.3, 0.4) is 0 Å². The van der Waals surface area contributed by atoms with Crippen molar-refractivity contribution in [1.82, 2.24) is 0 Å². The van der Waals surface area contributed by atoms with E-state index in [9.17, 15) is 9.90 Å². The van der Waals surface area contributed by atoms with E-state index in [1.165, 1.54) is 56.9 Å². The first-order chi connectivity index (χ1) is 19.5. The van der Waals surface area contributed by atoms with Gasteiger partial charge in [0, 0.05) is 11.1 Å². The number of esters is 1. The van der Waals surface area contributed by atoms with Crippen LogP contribution >= 0.6 is 0 Å². The van der Waals surface area contributed by atoms with Crippen LogP contribution in [-0.4, -0.2) is 24.3 Å². The largest absolute Gasteiger partial charge is 0.489 e. The minimum atomic E-state index is -0.415. The molecule has 4 rings (SSSR count). The number of carbonyl (C=O) groups excluding carboxylic acids is 1. The van der Waals surface area contributed by atoms with E-state index in [-0.39, 0.29) is 19.8 Å². The van der Waals surface area contributed by atoms with Crippen LogP contribution in [0.5, 0.6) is 5.75 Å². The van der Waals surface area contributed by atoms with Crippen molar-refractivity contribution in [3.05, 3.63) is 90.0 Å². The van der Waals surface area contributed by atoms with Crippen LogP contribution in [0.25, 0.3) is 22.3 Å². The molecule has 1 N–H and O–H groups in total. The van der Waals surface area contributed by atoms with Crippen LogP contribution in [0.2, 0.25) is 0 Å². The van der Waals surface area contributed by atoms with Gasteiger partial charge >= 0.3 is 5.97 Å². The Morgan fingerprint density at radius 2 is 1.55 bits per heavy atom. The fourth-order valence-electron chi connectivity index (χ4n) is 5.67. The zero-order chi connectivity index (χ0) is 28.3. The van der Waals surface area contributed by atoms with Gasteiger partial charge in [-0.1, -0.05) is 99.8 Å². The molecule has 0 aromatic heterocycles. The molecule has 0 saturated heterocycles. The smallest absolute Gasteiger partial charge is 0.333 e. The van der Waals surface area contributed by atoms with E-state index >= 15 is 0 Å². The molecule has 3 aromatic rings. The van der Waals surface area contributed by atoms with Gasteiger partial charge in [-0.3, -0.25) is 0 Å². The highest BCUT2D eigenvalue weighted by atomic mass is 16.6. The molecule has 1 aliphatic carbocycles. The van der Waals surface area contributed by atoms with E-state index in [1.54, 1.807) is 6.92 Å². The van der Waals surface area contributed by atoms with Crippen LogP contribution < -0.4 is 4.74 Å². The zero-order valence-electron chi connectivity index (χ0n) is 24.2. The molecule has 4 nitrogen and oxygen atoms in total. The summed E-state index contributed by atoms with van der Waals surface area (Å²) in [5.74, 6) is 1.90. The molecule has 0 aliphatic heterocycles. The summed E-state index contributed by atoms with van der Waals surface area (Å²) in [6.45, 7) is 7.93. The Balaban J connectivity index is 1.47. The van der Waals surface area contributed by atoms with Crippen molar-refractivity contribution < 1.29 is 19.4 Å². The van der Waals surface area contributed by atoms with Gasteiger partial charge in [0.25, 0.3) is 0 Å². The quantitative estimate of drug-likeness (QED) is 0.134. The minimum absolute atomic E-state index is 0.00700. The predicted octanol–water partition coefficient (Wildman–Crippen LogP) is 8.87. The monoisotopic (exact) mass is 540 g/mol. The van der Waals surface area contributed by atoms with E-state index in [0.29, 0.717) is 11.5 Å². The number of carbonyl (C=O) groups is 1. The second-order valence-electron chi connectivity index (χ2n) is 11.2. The average Bonchev–Trinajstić information content (AvgIpc) is 3.00. The standard InChI is InChI=1S/C36H44O4/c1-4-5-6-7-27-8-12-29(13-9-27)30-16-18-31(19-17-30)33-20-21-34(32-14-10-28(25-37)11-15-32)35(24-33)39-22-23-40-36(38)26(2)3/h10-11,14-21,24,27,29,37H,2,4-9,12-13,22-23,25H2,1,3H3. The molecule has 0 bridgehead atoms. The maximum atomic E-state index is 11.8. The Labute approximate surface area is 240 Å². The summed E-state index contributed by atoms with van der Waals surface area (Å²) in [7, 11) is 0. The van der Waals surface area contributed by atoms with Gasteiger partial charge in [0.05, 0.1) is 6.61 Å². The van der Waals surface area contributed by atoms with E-state index in [0.717, 1.165) is 39.5 Å². The lowest BCUT2D eigenvalue weighted by Crippen LogP contribution is -2.13. The number of rotatable bonds is 13. The lowest BCUT2D eigenvalue weighted by Gasteiger charge is -2.29. The molecule has 4 heteroatoms. The van der Waals surface area contributed by atoms with Crippen molar-refractivity contribution >= 4 is 5.97 Å². The molecule has 0 amide bonds. The first kappa shape index (κ1) is 29.6. The fourth-order valence-corrected chi connectivity index (χ4v) is 5.67. The van der Waals surface area contributed by atoms with E-state index < -0.39 is 5.97 Å². The molecule has 0 atom stereocenters. The average molecular weight is 541 g/mol. The summed E-state index contributed by atoms with van der Waals surface area (Å²) in [5.41, 5.74) is 6.86. The summed E-state index contributed by atoms with van der Waals surface area (Å²) in [5, 5.41) is 9.42. The molecule has 1 aliphatic rings. The molecule has 0 radical (unpaired) electrons. The molecule has 0 spiro atoms. The highest BCUT2D eigenvalue weighted by Crippen LogP contribution is 2.39. The SMILES string of the molecule is C=C(C)C(=O)OCCOc1cc(-c2ccc(C3CCC(CCCCC)CC3)cc2)ccc1-c1ccc(CO)cc1. The molecule has 3 aromatic carbocycles. The summed E-state index contributed by atoms with van der Waals surface area (Å²) >= 11 is 0. The summed E-state index contributed by atoms with van der Waals surface area (Å²) in [4.78, 5) is 11.8. The van der Waals surface area contributed by atoms with Crippen LogP contribution in [0.15, 0.2) is 78.9 Å². The van der Waals surface area contributed by atoms with Crippen molar-refractivity contribution in [1.29, 1.82) is 0 Å². The van der Waals surface area contributed by atoms with Crippen molar-refractivity contribution in [2.75, 3.05) is 13.2 Å². The van der Waals surface area contributed by atoms with E-state index in [2.05, 4.69) is 56.0 Å². The lowest BCUT2D eigenvalue weighted by molar-refractivity contribution is -0.139. The molecule has 0 heterocycles. The number of aliphatic hydroxyl groups excluding tert-OH is 1. The third-order valence-corrected chi connectivity index (χ3v) is 8.13. The van der Waals surface area contributed by atoms with E-state index in [4.69, 9.17) is 9.47 Å². The Bertz CT molecular complexity index is 1230. The van der Waals surface area contributed by atoms with Crippen LogP contribution in [-0.2, 0) is 16.1 Å². The molecule has 40 heavy (non-hydrogen) atoms. The minimum Gasteiger partial charge on any atom is -0.489 e. The molecule has 212 valence electrons. The molecular weight excluding hydrogens is 496 g/mol. The highest BCUT2D eigenvalue weighted by molar-refractivity contribution is 5.86. The summed E-state index contributed by atoms with van der Waals surface area (Å²) < 4.78 is 11.4. The number of unbranched alkanes of at least 4 members (excludes halogenated alkanes) is 2. The number of hydrogen-bond acceptors (Lipinski definition) is 4. The third kappa shape index (κ3) is 8.08. The molecule has 1 fully saturated rings. The van der Waals surface area contributed by atoms with Gasteiger partial charge < -0.3 is 14.6 Å². The van der Waals surface area contributed by atoms with Crippen LogP contribution in [0, 0.1) is 5.92 Å². The van der Waals surface area contributed by atoms with Gasteiger partial charge in [-0.05, 0) is 78.3 Å². The van der Waals surface area contributed by atoms with Crippen molar-refractivity contribution in [2.45, 2.75) is 77.7 Å². The predicted molar refractivity (Wildman–Crippen MR) is 163 cm³/mol. The molecular formula is C36H44O4. The normalized spacial score (nSPS) is 16.9. The van der Waals surface area contributed by atoms with Crippen molar-refractivity contribution in [2.24, 2.45) is 5.92 Å². The second kappa shape index (κ2) is 14.9. The van der Waals surface area contributed by atoms with Crippen LogP contribution in [0.1, 0.15) is 82.3 Å². The van der Waals surface area contributed by atoms with Gasteiger partial charge in [0.15, 0.2) is 0 Å². The Kier molecular flexibility index (Phi) is 11.0. The van der Waals surface area contributed by atoms with E-state index in [1.807, 2.05) is 24.3 Å². The summed E-state index contributed by atoms with van der Waals surface area (Å²) in [6, 6.07) is 23.1. The van der Waals surface area contributed by atoms with Crippen molar-refractivity contribution in [3.8, 4) is 28.0 Å². The summed E-state index contributed by atoms with van der Waals surface area (Å²) in [6.07, 6.45) is 10.8. The van der Waals surface area contributed by atoms with Gasteiger partial charge in [0.2, 0.25) is 0 Å². The first-order valence-corrected chi connectivity index (χ1v) is 14.9. The number of benzene rings is 3. The maximum absolute atomic E-state index is 11.8. The number of ether oxygens (including phenoxy) is 2. The Morgan fingerprint density at radius 3 is 2.20 bits per heavy atom. The lowest BCUT2D eigenvalue weighted by atomic mass is 9.77. The number of aliphatic hydroxyl groups is 1. The van der Waals surface area contributed by atoms with Gasteiger partial charge in [-0.25, -0.2) is 4.79 Å². The Hall–Kier alpha value is -3.37. The second-order valence-corrected chi connectivity index (χ2v) is 11.2. The fraction of sp³-hybridized carbons (Fsp3) is 0.417. The topological polar surface area (TPSA) is 55.8 Å². The maximum Gasteiger partial charge on any atom is 0.333 e. The van der Waals surface area contributed by atoms with Gasteiger partial charge in [-0.2, -0.15) is 0 Å². The van der Waals surface area contributed by atoms with Crippen molar-refractivity contribution in [3.63, 3.8) is 0 Å². The Morgan fingerprint density at radius 1 is 0.875 bits per heavy atom. The molecule has 1 saturated carbocycles. The zero-order valence-corrected chi connectivity index (χ0v) is 24.2. The van der Waals surface area contributed by atoms with Gasteiger partial charge in [-0.15, -0.1) is 0 Å². The number of hydrogen-bond donors (Lipinski definition) is 1. The first-order valence-electron chi connectivity index (χ1n) is 14.9. The molecule has 0 unspecified atom stereocenters. The van der Waals surface area contributed by atoms with Crippen LogP contribution in [0.4, 0.5) is 0 Å². The highest BCUT2D eigenvalue weighted by Gasteiger charge is 2.22. The van der Waals surface area contributed by atoms with Gasteiger partial charge in [0.1, 0.15) is 19.0 Å². The third-order valence-electron chi connectivity index (χ3n) is 8.13.